The molecule has 0 saturated carbocycles. The maximum atomic E-state index is 12.6. The first-order valence-electron chi connectivity index (χ1n) is 8.31. The topological polar surface area (TPSA) is 84.5 Å². The summed E-state index contributed by atoms with van der Waals surface area (Å²) in [6.45, 7) is 4.89. The lowest BCUT2D eigenvalue weighted by Gasteiger charge is -2.11. The summed E-state index contributed by atoms with van der Waals surface area (Å²) in [5, 5.41) is 2.74. The van der Waals surface area contributed by atoms with Crippen molar-refractivity contribution in [1.29, 1.82) is 0 Å². The fourth-order valence-corrected chi connectivity index (χ4v) is 3.44. The number of sulfonamides is 1. The lowest BCUT2D eigenvalue weighted by Crippen LogP contribution is -2.25. The Morgan fingerprint density at radius 2 is 1.85 bits per heavy atom. The zero-order chi connectivity index (χ0) is 19.2. The molecule has 26 heavy (non-hydrogen) atoms. The van der Waals surface area contributed by atoms with Crippen LogP contribution in [0.5, 0.6) is 0 Å². The minimum absolute atomic E-state index is 0.0419. The van der Waals surface area contributed by atoms with Gasteiger partial charge in [0.15, 0.2) is 0 Å². The molecule has 0 bridgehead atoms. The average molecular weight is 376 g/mol. The largest absolute Gasteiger partial charge is 0.385 e. The highest BCUT2D eigenvalue weighted by molar-refractivity contribution is 7.92. The van der Waals surface area contributed by atoms with Crippen molar-refractivity contribution < 1.29 is 17.9 Å². The zero-order valence-corrected chi connectivity index (χ0v) is 16.0. The van der Waals surface area contributed by atoms with E-state index in [0.29, 0.717) is 30.8 Å². The summed E-state index contributed by atoms with van der Waals surface area (Å²) in [6, 6.07) is 11.3. The van der Waals surface area contributed by atoms with Gasteiger partial charge in [-0.3, -0.25) is 9.52 Å². The number of carbonyl (C=O) groups is 1. The summed E-state index contributed by atoms with van der Waals surface area (Å²) in [6.07, 6.45) is 0.689. The molecule has 0 spiro atoms. The van der Waals surface area contributed by atoms with E-state index in [4.69, 9.17) is 4.74 Å². The number of methoxy groups -OCH3 is 1. The van der Waals surface area contributed by atoms with E-state index in [2.05, 4.69) is 10.0 Å². The van der Waals surface area contributed by atoms with Crippen molar-refractivity contribution in [3.8, 4) is 0 Å². The number of hydrogen-bond acceptors (Lipinski definition) is 4. The highest BCUT2D eigenvalue weighted by Gasteiger charge is 2.16. The molecular weight excluding hydrogens is 352 g/mol. The van der Waals surface area contributed by atoms with Crippen LogP contribution in [0.1, 0.15) is 27.9 Å². The molecule has 0 aliphatic carbocycles. The van der Waals surface area contributed by atoms with Crippen LogP contribution in [0.3, 0.4) is 0 Å². The van der Waals surface area contributed by atoms with Crippen molar-refractivity contribution >= 4 is 21.6 Å². The number of ether oxygens (including phenoxy) is 1. The van der Waals surface area contributed by atoms with Gasteiger partial charge in [0, 0.05) is 31.5 Å². The van der Waals surface area contributed by atoms with Gasteiger partial charge >= 0.3 is 0 Å². The van der Waals surface area contributed by atoms with Gasteiger partial charge in [-0.05, 0) is 61.7 Å². The lowest BCUT2D eigenvalue weighted by molar-refractivity contribution is 0.0948. The third-order valence-corrected chi connectivity index (χ3v) is 5.36. The van der Waals surface area contributed by atoms with Gasteiger partial charge in [-0.1, -0.05) is 12.1 Å². The first-order valence-corrected chi connectivity index (χ1v) is 9.79. The van der Waals surface area contributed by atoms with Crippen molar-refractivity contribution in [2.45, 2.75) is 25.2 Å². The Kier molecular flexibility index (Phi) is 6.76. The van der Waals surface area contributed by atoms with E-state index >= 15 is 0 Å². The summed E-state index contributed by atoms with van der Waals surface area (Å²) in [5.74, 6) is -0.315. The van der Waals surface area contributed by atoms with E-state index in [0.717, 1.165) is 11.1 Å². The SMILES string of the molecule is COCCCNC(=O)c1cccc(S(=O)(=O)Nc2ccc(C)c(C)c2)c1. The van der Waals surface area contributed by atoms with Gasteiger partial charge in [0.2, 0.25) is 0 Å². The molecule has 0 saturated heterocycles. The molecular formula is C19H24N2O4S. The highest BCUT2D eigenvalue weighted by atomic mass is 32.2. The van der Waals surface area contributed by atoms with Crippen molar-refractivity contribution in [2.75, 3.05) is 25.0 Å². The smallest absolute Gasteiger partial charge is 0.261 e. The van der Waals surface area contributed by atoms with Gasteiger partial charge in [-0.15, -0.1) is 0 Å². The van der Waals surface area contributed by atoms with E-state index in [1.807, 2.05) is 19.9 Å². The molecule has 6 nitrogen and oxygen atoms in total. The fourth-order valence-electron chi connectivity index (χ4n) is 2.34. The van der Waals surface area contributed by atoms with Crippen LogP contribution in [-0.2, 0) is 14.8 Å². The van der Waals surface area contributed by atoms with Gasteiger partial charge in [0.1, 0.15) is 0 Å². The number of aryl methyl sites for hydroxylation is 2. The van der Waals surface area contributed by atoms with E-state index < -0.39 is 10.0 Å². The van der Waals surface area contributed by atoms with Crippen LogP contribution >= 0.6 is 0 Å². The molecule has 0 heterocycles. The molecule has 2 aromatic rings. The molecule has 2 aromatic carbocycles. The molecule has 140 valence electrons. The Balaban J connectivity index is 2.14. The summed E-state index contributed by atoms with van der Waals surface area (Å²) >= 11 is 0. The van der Waals surface area contributed by atoms with Gasteiger partial charge in [0.05, 0.1) is 4.90 Å². The molecule has 2 N–H and O–H groups in total. The number of rotatable bonds is 8. The predicted molar refractivity (Wildman–Crippen MR) is 102 cm³/mol. The Bertz CT molecular complexity index is 879. The maximum absolute atomic E-state index is 12.6. The molecule has 0 aromatic heterocycles. The lowest BCUT2D eigenvalue weighted by atomic mass is 10.1. The molecule has 0 unspecified atom stereocenters. The second-order valence-corrected chi connectivity index (χ2v) is 7.72. The zero-order valence-electron chi connectivity index (χ0n) is 15.2. The second kappa shape index (κ2) is 8.82. The number of hydrogen-bond donors (Lipinski definition) is 2. The second-order valence-electron chi connectivity index (χ2n) is 6.03. The summed E-state index contributed by atoms with van der Waals surface area (Å²) in [4.78, 5) is 12.2. The summed E-state index contributed by atoms with van der Waals surface area (Å²) in [7, 11) is -2.18. The van der Waals surface area contributed by atoms with Crippen molar-refractivity contribution in [2.24, 2.45) is 0 Å². The van der Waals surface area contributed by atoms with Crippen LogP contribution in [0.25, 0.3) is 0 Å². The number of anilines is 1. The molecule has 7 heteroatoms. The first kappa shape index (κ1) is 19.9. The maximum Gasteiger partial charge on any atom is 0.261 e. The Labute approximate surface area is 154 Å². The number of carbonyl (C=O) groups excluding carboxylic acids is 1. The van der Waals surface area contributed by atoms with E-state index in [1.165, 1.54) is 12.1 Å². The summed E-state index contributed by atoms with van der Waals surface area (Å²) in [5.41, 5.74) is 2.86. The van der Waals surface area contributed by atoms with Crippen LogP contribution < -0.4 is 10.0 Å². The van der Waals surface area contributed by atoms with Gasteiger partial charge in [-0.2, -0.15) is 0 Å². The number of benzene rings is 2. The minimum Gasteiger partial charge on any atom is -0.385 e. The van der Waals surface area contributed by atoms with E-state index in [9.17, 15) is 13.2 Å². The van der Waals surface area contributed by atoms with Crippen molar-refractivity contribution in [3.63, 3.8) is 0 Å². The van der Waals surface area contributed by atoms with Crippen LogP contribution in [0.15, 0.2) is 47.4 Å². The third kappa shape index (κ3) is 5.31. The van der Waals surface area contributed by atoms with E-state index in [1.54, 1.807) is 31.4 Å². The molecule has 0 aliphatic rings. The standard InChI is InChI=1S/C19H24N2O4S/c1-14-8-9-17(12-15(14)2)21-26(23,24)18-7-4-6-16(13-18)19(22)20-10-5-11-25-3/h4,6-9,12-13,21H,5,10-11H2,1-3H3,(H,20,22). The van der Waals surface area contributed by atoms with Gasteiger partial charge in [0.25, 0.3) is 15.9 Å². The highest BCUT2D eigenvalue weighted by Crippen LogP contribution is 2.19. The Morgan fingerprint density at radius 3 is 2.54 bits per heavy atom. The molecule has 2 rings (SSSR count). The predicted octanol–water partition coefficient (Wildman–Crippen LogP) is 2.87. The number of amides is 1. The monoisotopic (exact) mass is 376 g/mol. The van der Waals surface area contributed by atoms with E-state index in [-0.39, 0.29) is 10.8 Å². The quantitative estimate of drug-likeness (QED) is 0.694. The number of nitrogens with one attached hydrogen (secondary N) is 2. The average Bonchev–Trinajstić information content (AvgIpc) is 2.61. The molecule has 1 amide bonds. The molecule has 0 aliphatic heterocycles. The van der Waals surface area contributed by atoms with Crippen LogP contribution in [-0.4, -0.2) is 34.6 Å². The molecule has 0 fully saturated rings. The summed E-state index contributed by atoms with van der Waals surface area (Å²) < 4.78 is 32.7. The van der Waals surface area contributed by atoms with Crippen LogP contribution in [0, 0.1) is 13.8 Å². The van der Waals surface area contributed by atoms with Crippen LogP contribution in [0.4, 0.5) is 5.69 Å². The van der Waals surface area contributed by atoms with Crippen molar-refractivity contribution in [3.05, 3.63) is 59.2 Å². The van der Waals surface area contributed by atoms with Gasteiger partial charge < -0.3 is 10.1 Å². The van der Waals surface area contributed by atoms with Crippen LogP contribution in [0.2, 0.25) is 0 Å². The van der Waals surface area contributed by atoms with Gasteiger partial charge in [-0.25, -0.2) is 8.42 Å². The molecule has 0 atom stereocenters. The first-order chi connectivity index (χ1) is 12.3. The Morgan fingerprint density at radius 1 is 1.08 bits per heavy atom. The Hall–Kier alpha value is -2.38. The normalized spacial score (nSPS) is 11.2. The fraction of sp³-hybridized carbons (Fsp3) is 0.316. The minimum atomic E-state index is -3.78. The molecule has 0 radical (unpaired) electrons. The van der Waals surface area contributed by atoms with Crippen molar-refractivity contribution in [1.82, 2.24) is 5.32 Å². The third-order valence-electron chi connectivity index (χ3n) is 3.98.